The molecule has 1 saturated heterocycles. The molecule has 0 unspecified atom stereocenters. The number of ketones is 1. The Hall–Kier alpha value is -3.11. The first-order valence-corrected chi connectivity index (χ1v) is 9.73. The van der Waals surface area contributed by atoms with Gasteiger partial charge in [0.1, 0.15) is 5.41 Å². The highest BCUT2D eigenvalue weighted by Crippen LogP contribution is 2.44. The van der Waals surface area contributed by atoms with Crippen molar-refractivity contribution in [3.8, 4) is 6.07 Å². The number of H-pyrrole nitrogens is 1. The molecule has 7 nitrogen and oxygen atoms in total. The van der Waals surface area contributed by atoms with Gasteiger partial charge in [-0.15, -0.1) is 0 Å². The molecular weight excluding hydrogens is 370 g/mol. The van der Waals surface area contributed by atoms with Crippen LogP contribution < -0.4 is 0 Å². The van der Waals surface area contributed by atoms with E-state index in [9.17, 15) is 20.0 Å². The third-order valence-electron chi connectivity index (χ3n) is 6.16. The summed E-state index contributed by atoms with van der Waals surface area (Å²) in [6.07, 6.45) is 2.35. The van der Waals surface area contributed by atoms with E-state index in [1.165, 1.54) is 18.1 Å². The SMILES string of the molecule is COC(=O)/C=C(\O)CC[C@]1(C#N)CN2CCc3c([nH]c4ccccc34)[C@@H]2CC1=O. The van der Waals surface area contributed by atoms with Gasteiger partial charge >= 0.3 is 5.97 Å². The van der Waals surface area contributed by atoms with Crippen LogP contribution in [-0.4, -0.2) is 46.9 Å². The van der Waals surface area contributed by atoms with E-state index in [0.717, 1.165) is 30.3 Å². The number of Topliss-reactive ketones (excluding diaryl/α,β-unsaturated/α-hetero) is 1. The van der Waals surface area contributed by atoms with Crippen LogP contribution in [0.3, 0.4) is 0 Å². The van der Waals surface area contributed by atoms with Crippen molar-refractivity contribution in [2.45, 2.75) is 31.7 Å². The van der Waals surface area contributed by atoms with Gasteiger partial charge in [-0.1, -0.05) is 18.2 Å². The molecule has 4 rings (SSSR count). The van der Waals surface area contributed by atoms with Crippen LogP contribution >= 0.6 is 0 Å². The van der Waals surface area contributed by atoms with E-state index in [0.29, 0.717) is 6.54 Å². The summed E-state index contributed by atoms with van der Waals surface area (Å²) in [7, 11) is 1.22. The molecule has 0 radical (unpaired) electrons. The van der Waals surface area contributed by atoms with E-state index in [1.54, 1.807) is 0 Å². The normalized spacial score (nSPS) is 24.6. The number of hydrogen-bond acceptors (Lipinski definition) is 6. The Morgan fingerprint density at radius 2 is 2.28 bits per heavy atom. The summed E-state index contributed by atoms with van der Waals surface area (Å²) in [5, 5.41) is 21.0. The molecule has 0 spiro atoms. The third kappa shape index (κ3) is 3.30. The number of aliphatic hydroxyl groups excluding tert-OH is 1. The topological polar surface area (TPSA) is 106 Å². The molecule has 2 aromatic rings. The number of carbonyl (C=O) groups excluding carboxylic acids is 2. The molecule has 3 heterocycles. The molecule has 2 atom stereocenters. The lowest BCUT2D eigenvalue weighted by Crippen LogP contribution is -2.52. The van der Waals surface area contributed by atoms with Gasteiger partial charge in [-0.05, 0) is 24.5 Å². The Balaban J connectivity index is 1.57. The minimum absolute atomic E-state index is 0.0562. The van der Waals surface area contributed by atoms with E-state index in [4.69, 9.17) is 0 Å². The molecule has 2 aliphatic heterocycles. The summed E-state index contributed by atoms with van der Waals surface area (Å²) < 4.78 is 4.50. The summed E-state index contributed by atoms with van der Waals surface area (Å²) in [6, 6.07) is 10.3. The second kappa shape index (κ2) is 7.37. The number of aromatic nitrogens is 1. The maximum Gasteiger partial charge on any atom is 0.333 e. The Kier molecular flexibility index (Phi) is 4.89. The number of fused-ring (bicyclic) bond motifs is 5. The van der Waals surface area contributed by atoms with Crippen molar-refractivity contribution >= 4 is 22.7 Å². The van der Waals surface area contributed by atoms with Gasteiger partial charge in [0.2, 0.25) is 0 Å². The highest BCUT2D eigenvalue weighted by molar-refractivity contribution is 5.90. The average Bonchev–Trinajstić information content (AvgIpc) is 3.11. The number of rotatable bonds is 4. The fourth-order valence-electron chi connectivity index (χ4n) is 4.58. The zero-order valence-electron chi connectivity index (χ0n) is 16.3. The Morgan fingerprint density at radius 1 is 1.48 bits per heavy atom. The second-order valence-electron chi connectivity index (χ2n) is 7.78. The number of nitrogens with zero attached hydrogens (tertiary/aromatic N) is 2. The molecule has 2 N–H and O–H groups in total. The molecular formula is C22H23N3O4. The molecule has 0 bridgehead atoms. The molecule has 0 aliphatic carbocycles. The number of esters is 1. The molecule has 0 saturated carbocycles. The van der Waals surface area contributed by atoms with Crippen LogP contribution in [0.2, 0.25) is 0 Å². The lowest BCUT2D eigenvalue weighted by Gasteiger charge is -2.44. The monoisotopic (exact) mass is 393 g/mol. The molecule has 1 fully saturated rings. The van der Waals surface area contributed by atoms with Crippen molar-refractivity contribution in [3.63, 3.8) is 0 Å². The molecule has 0 amide bonds. The molecule has 1 aromatic heterocycles. The van der Waals surface area contributed by atoms with Crippen LogP contribution in [-0.2, 0) is 20.7 Å². The van der Waals surface area contributed by atoms with Crippen molar-refractivity contribution in [2.24, 2.45) is 5.41 Å². The number of para-hydroxylation sites is 1. The minimum Gasteiger partial charge on any atom is -0.512 e. The number of aromatic amines is 1. The van der Waals surface area contributed by atoms with Crippen LogP contribution in [0.15, 0.2) is 36.1 Å². The van der Waals surface area contributed by atoms with Crippen molar-refractivity contribution < 1.29 is 19.4 Å². The first kappa shape index (κ1) is 19.2. The Bertz CT molecular complexity index is 1050. The Morgan fingerprint density at radius 3 is 3.03 bits per heavy atom. The van der Waals surface area contributed by atoms with Crippen LogP contribution in [0.5, 0.6) is 0 Å². The van der Waals surface area contributed by atoms with Crippen LogP contribution in [0.4, 0.5) is 0 Å². The maximum absolute atomic E-state index is 13.1. The van der Waals surface area contributed by atoms with Gasteiger partial charge in [-0.2, -0.15) is 5.26 Å². The number of hydrogen-bond donors (Lipinski definition) is 2. The zero-order valence-corrected chi connectivity index (χ0v) is 16.3. The highest BCUT2D eigenvalue weighted by atomic mass is 16.5. The maximum atomic E-state index is 13.1. The van der Waals surface area contributed by atoms with Gasteiger partial charge in [0.05, 0.1) is 31.1 Å². The first-order chi connectivity index (χ1) is 14.0. The number of carbonyl (C=O) groups is 2. The third-order valence-corrected chi connectivity index (χ3v) is 6.16. The van der Waals surface area contributed by atoms with E-state index in [1.807, 2.05) is 18.2 Å². The summed E-state index contributed by atoms with van der Waals surface area (Å²) in [5.74, 6) is -0.956. The van der Waals surface area contributed by atoms with Crippen molar-refractivity contribution in [1.29, 1.82) is 5.26 Å². The average molecular weight is 393 g/mol. The van der Waals surface area contributed by atoms with Gasteiger partial charge in [0.25, 0.3) is 0 Å². The van der Waals surface area contributed by atoms with Crippen molar-refractivity contribution in [1.82, 2.24) is 9.88 Å². The number of allylic oxidation sites excluding steroid dienone is 1. The molecule has 150 valence electrons. The van der Waals surface area contributed by atoms with Gasteiger partial charge in [-0.25, -0.2) is 4.79 Å². The second-order valence-corrected chi connectivity index (χ2v) is 7.78. The minimum atomic E-state index is -1.18. The fourth-order valence-corrected chi connectivity index (χ4v) is 4.58. The highest BCUT2D eigenvalue weighted by Gasteiger charge is 2.48. The number of aliphatic hydroxyl groups is 1. The molecule has 2 aliphatic rings. The number of nitriles is 1. The fraction of sp³-hybridized carbons (Fsp3) is 0.409. The predicted octanol–water partition coefficient (Wildman–Crippen LogP) is 2.94. The summed E-state index contributed by atoms with van der Waals surface area (Å²) >= 11 is 0. The first-order valence-electron chi connectivity index (χ1n) is 9.73. The van der Waals surface area contributed by atoms with E-state index in [-0.39, 0.29) is 36.8 Å². The van der Waals surface area contributed by atoms with Gasteiger partial charge in [-0.3, -0.25) is 9.69 Å². The number of benzene rings is 1. The van der Waals surface area contributed by atoms with Crippen LogP contribution in [0.25, 0.3) is 10.9 Å². The van der Waals surface area contributed by atoms with Gasteiger partial charge in [0.15, 0.2) is 5.78 Å². The van der Waals surface area contributed by atoms with E-state index < -0.39 is 11.4 Å². The quantitative estimate of drug-likeness (QED) is 0.470. The zero-order chi connectivity index (χ0) is 20.6. The molecule has 7 heteroatoms. The summed E-state index contributed by atoms with van der Waals surface area (Å²) in [4.78, 5) is 30.0. The smallest absolute Gasteiger partial charge is 0.333 e. The Labute approximate surface area is 168 Å². The van der Waals surface area contributed by atoms with Crippen molar-refractivity contribution in [3.05, 3.63) is 47.4 Å². The largest absolute Gasteiger partial charge is 0.512 e. The van der Waals surface area contributed by atoms with E-state index >= 15 is 0 Å². The number of methoxy groups -OCH3 is 1. The van der Waals surface area contributed by atoms with Crippen LogP contribution in [0, 0.1) is 16.7 Å². The lowest BCUT2D eigenvalue weighted by atomic mass is 9.72. The van der Waals surface area contributed by atoms with Crippen LogP contribution in [0.1, 0.15) is 36.6 Å². The summed E-state index contributed by atoms with van der Waals surface area (Å²) in [6.45, 7) is 1.10. The number of piperidine rings is 1. The van der Waals surface area contributed by atoms with Gasteiger partial charge in [0, 0.05) is 42.5 Å². The lowest BCUT2D eigenvalue weighted by molar-refractivity contribution is -0.135. The number of nitrogens with one attached hydrogen (secondary N) is 1. The molecule has 29 heavy (non-hydrogen) atoms. The van der Waals surface area contributed by atoms with Gasteiger partial charge < -0.3 is 14.8 Å². The predicted molar refractivity (Wildman–Crippen MR) is 106 cm³/mol. The molecule has 1 aromatic carbocycles. The van der Waals surface area contributed by atoms with Crippen molar-refractivity contribution in [2.75, 3.05) is 20.2 Å². The standard InChI is InChI=1S/C22H23N3O4/c1-29-20(28)10-14(26)6-8-22(12-23)13-25-9-7-16-15-4-2-3-5-17(15)24-21(16)18(25)11-19(22)27/h2-5,10,18,24,26H,6-9,11,13H2,1H3/b14-10-/t18-,22-/m0/s1. The van der Waals surface area contributed by atoms with E-state index in [2.05, 4.69) is 26.8 Å². The number of ether oxygens (including phenoxy) is 1. The summed E-state index contributed by atoms with van der Waals surface area (Å²) in [5.41, 5.74) is 2.23.